The Hall–Kier alpha value is -0.250. The monoisotopic (exact) mass is 180 g/mol. The van der Waals surface area contributed by atoms with E-state index in [-0.39, 0.29) is 12.3 Å². The molecule has 2 saturated carbocycles. The van der Waals surface area contributed by atoms with E-state index < -0.39 is 17.7 Å². The predicted octanol–water partition coefficient (Wildman–Crippen LogP) is 2.10. The molecule has 1 nitrogen and oxygen atoms in total. The summed E-state index contributed by atoms with van der Waals surface area (Å²) in [6.07, 6.45) is -2.52. The first-order chi connectivity index (χ1) is 5.43. The van der Waals surface area contributed by atoms with E-state index in [0.29, 0.717) is 12.8 Å². The number of halogens is 3. The van der Waals surface area contributed by atoms with Crippen LogP contribution in [0.25, 0.3) is 0 Å². The van der Waals surface area contributed by atoms with Crippen LogP contribution in [0.1, 0.15) is 25.7 Å². The minimum absolute atomic E-state index is 0.0683. The molecule has 0 aliphatic heterocycles. The summed E-state index contributed by atoms with van der Waals surface area (Å²) in [5, 5.41) is 9.39. The van der Waals surface area contributed by atoms with Crippen molar-refractivity contribution in [3.05, 3.63) is 0 Å². The average Bonchev–Trinajstić information content (AvgIpc) is 2.43. The molecule has 2 fully saturated rings. The van der Waals surface area contributed by atoms with E-state index >= 15 is 0 Å². The fourth-order valence-electron chi connectivity index (χ4n) is 2.65. The van der Waals surface area contributed by atoms with Crippen LogP contribution in [0.2, 0.25) is 0 Å². The molecular formula is C8H11F3O. The zero-order valence-corrected chi connectivity index (χ0v) is 6.56. The van der Waals surface area contributed by atoms with Crippen molar-refractivity contribution < 1.29 is 18.3 Å². The van der Waals surface area contributed by atoms with Crippen molar-refractivity contribution in [2.75, 3.05) is 0 Å². The Bertz CT molecular complexity index is 201. The van der Waals surface area contributed by atoms with Crippen LogP contribution in [-0.4, -0.2) is 16.9 Å². The maximum atomic E-state index is 12.4. The van der Waals surface area contributed by atoms with Crippen LogP contribution in [0, 0.1) is 11.8 Å². The summed E-state index contributed by atoms with van der Waals surface area (Å²) in [5.41, 5.74) is -2.35. The number of rotatable bonds is 0. The molecule has 0 radical (unpaired) electrons. The Labute approximate surface area is 68.6 Å². The highest BCUT2D eigenvalue weighted by atomic mass is 19.4. The van der Waals surface area contributed by atoms with Crippen LogP contribution in [0.5, 0.6) is 0 Å². The van der Waals surface area contributed by atoms with Crippen LogP contribution in [-0.2, 0) is 0 Å². The fraction of sp³-hybridized carbons (Fsp3) is 1.00. The molecule has 2 aliphatic carbocycles. The van der Waals surface area contributed by atoms with Crippen LogP contribution < -0.4 is 0 Å². The summed E-state index contributed by atoms with van der Waals surface area (Å²) in [7, 11) is 0. The van der Waals surface area contributed by atoms with Crippen molar-refractivity contribution in [3.63, 3.8) is 0 Å². The summed E-state index contributed by atoms with van der Waals surface area (Å²) in [6.45, 7) is 0. The molecular weight excluding hydrogens is 169 g/mol. The van der Waals surface area contributed by atoms with Gasteiger partial charge in [0.1, 0.15) is 0 Å². The van der Waals surface area contributed by atoms with E-state index in [9.17, 15) is 18.3 Å². The quantitative estimate of drug-likeness (QED) is 0.605. The van der Waals surface area contributed by atoms with Gasteiger partial charge in [0.2, 0.25) is 0 Å². The van der Waals surface area contributed by atoms with Crippen molar-refractivity contribution in [2.24, 2.45) is 11.8 Å². The minimum Gasteiger partial charge on any atom is -0.380 e. The largest absolute Gasteiger partial charge is 0.417 e. The summed E-state index contributed by atoms with van der Waals surface area (Å²) < 4.78 is 37.1. The van der Waals surface area contributed by atoms with Gasteiger partial charge in [0.25, 0.3) is 0 Å². The molecule has 1 N–H and O–H groups in total. The normalized spacial score (nSPS) is 47.0. The molecule has 2 rings (SSSR count). The summed E-state index contributed by atoms with van der Waals surface area (Å²) in [4.78, 5) is 0. The third-order valence-corrected chi connectivity index (χ3v) is 3.31. The van der Waals surface area contributed by atoms with Crippen LogP contribution in [0.4, 0.5) is 13.2 Å². The van der Waals surface area contributed by atoms with Gasteiger partial charge >= 0.3 is 6.18 Å². The molecule has 2 bridgehead atoms. The highest BCUT2D eigenvalue weighted by Crippen LogP contribution is 2.56. The van der Waals surface area contributed by atoms with Gasteiger partial charge in [-0.2, -0.15) is 13.2 Å². The molecule has 12 heavy (non-hydrogen) atoms. The first-order valence-corrected chi connectivity index (χ1v) is 4.22. The second kappa shape index (κ2) is 2.16. The van der Waals surface area contributed by atoms with Gasteiger partial charge in [-0.3, -0.25) is 0 Å². The van der Waals surface area contributed by atoms with E-state index in [1.54, 1.807) is 0 Å². The number of aliphatic hydroxyl groups is 1. The summed E-state index contributed by atoms with van der Waals surface area (Å²) in [5.74, 6) is -0.413. The van der Waals surface area contributed by atoms with Crippen LogP contribution >= 0.6 is 0 Å². The van der Waals surface area contributed by atoms with Gasteiger partial charge in [-0.1, -0.05) is 0 Å². The van der Waals surface area contributed by atoms with Crippen molar-refractivity contribution in [2.45, 2.75) is 37.5 Å². The van der Waals surface area contributed by atoms with Gasteiger partial charge < -0.3 is 5.11 Å². The van der Waals surface area contributed by atoms with E-state index in [0.717, 1.165) is 6.42 Å². The van der Waals surface area contributed by atoms with Gasteiger partial charge in [-0.15, -0.1) is 0 Å². The average molecular weight is 180 g/mol. The zero-order valence-electron chi connectivity index (χ0n) is 6.56. The number of alkyl halides is 3. The van der Waals surface area contributed by atoms with Gasteiger partial charge in [0.15, 0.2) is 5.60 Å². The lowest BCUT2D eigenvalue weighted by molar-refractivity contribution is -0.276. The van der Waals surface area contributed by atoms with Gasteiger partial charge in [-0.25, -0.2) is 0 Å². The van der Waals surface area contributed by atoms with E-state index in [1.807, 2.05) is 0 Å². The van der Waals surface area contributed by atoms with Gasteiger partial charge in [0, 0.05) is 0 Å². The number of hydrogen-bond acceptors (Lipinski definition) is 1. The Balaban J connectivity index is 2.23. The molecule has 0 saturated heterocycles. The van der Waals surface area contributed by atoms with Crippen LogP contribution in [0.15, 0.2) is 0 Å². The van der Waals surface area contributed by atoms with E-state index in [4.69, 9.17) is 0 Å². The molecule has 0 amide bonds. The van der Waals surface area contributed by atoms with Crippen LogP contribution in [0.3, 0.4) is 0 Å². The Morgan fingerprint density at radius 1 is 1.25 bits per heavy atom. The highest BCUT2D eigenvalue weighted by molar-refractivity contribution is 5.04. The van der Waals surface area contributed by atoms with Crippen molar-refractivity contribution in [3.8, 4) is 0 Å². The Kier molecular flexibility index (Phi) is 1.50. The molecule has 70 valence electrons. The third-order valence-electron chi connectivity index (χ3n) is 3.31. The third kappa shape index (κ3) is 0.903. The molecule has 4 heteroatoms. The topological polar surface area (TPSA) is 20.2 Å². The molecule has 0 spiro atoms. The lowest BCUT2D eigenvalue weighted by atomic mass is 9.84. The smallest absolute Gasteiger partial charge is 0.380 e. The molecule has 0 aromatic carbocycles. The molecule has 2 aliphatic rings. The van der Waals surface area contributed by atoms with E-state index in [2.05, 4.69) is 0 Å². The summed E-state index contributed by atoms with van der Waals surface area (Å²) >= 11 is 0. The van der Waals surface area contributed by atoms with Crippen molar-refractivity contribution >= 4 is 0 Å². The SMILES string of the molecule is OC1(C(F)(F)F)CC2CCC1C2. The fourth-order valence-corrected chi connectivity index (χ4v) is 2.65. The Morgan fingerprint density at radius 3 is 2.17 bits per heavy atom. The van der Waals surface area contributed by atoms with Gasteiger partial charge in [0.05, 0.1) is 0 Å². The zero-order chi connectivity index (χ0) is 8.98. The molecule has 0 heterocycles. The molecule has 3 atom stereocenters. The lowest BCUT2D eigenvalue weighted by Crippen LogP contribution is -2.49. The first-order valence-electron chi connectivity index (χ1n) is 4.22. The maximum Gasteiger partial charge on any atom is 0.417 e. The summed E-state index contributed by atoms with van der Waals surface area (Å²) in [6, 6.07) is 0. The minimum atomic E-state index is -4.42. The molecule has 0 aromatic heterocycles. The standard InChI is InChI=1S/C8H11F3O/c9-8(10,11)7(12)4-5-1-2-6(7)3-5/h5-6,12H,1-4H2. The first kappa shape index (κ1) is 8.35. The second-order valence-corrected chi connectivity index (χ2v) is 4.00. The Morgan fingerprint density at radius 2 is 1.92 bits per heavy atom. The van der Waals surface area contributed by atoms with E-state index in [1.165, 1.54) is 0 Å². The number of fused-ring (bicyclic) bond motifs is 2. The van der Waals surface area contributed by atoms with Gasteiger partial charge in [-0.05, 0) is 37.5 Å². The predicted molar refractivity (Wildman–Crippen MR) is 36.5 cm³/mol. The molecule has 0 aromatic rings. The maximum absolute atomic E-state index is 12.4. The van der Waals surface area contributed by atoms with Crippen molar-refractivity contribution in [1.82, 2.24) is 0 Å². The second-order valence-electron chi connectivity index (χ2n) is 4.00. The molecule has 3 unspecified atom stereocenters. The number of hydrogen-bond donors (Lipinski definition) is 1. The lowest BCUT2D eigenvalue weighted by Gasteiger charge is -2.34. The highest BCUT2D eigenvalue weighted by Gasteiger charge is 2.64. The van der Waals surface area contributed by atoms with Crippen molar-refractivity contribution in [1.29, 1.82) is 0 Å².